The summed E-state index contributed by atoms with van der Waals surface area (Å²) in [6.45, 7) is 0.842. The number of rotatable bonds is 6. The number of aromatic nitrogens is 3. The Bertz CT molecular complexity index is 1050. The Morgan fingerprint density at radius 2 is 2.03 bits per heavy atom. The fraction of sp³-hybridized carbons (Fsp3) is 0.286. The van der Waals surface area contributed by atoms with Crippen LogP contribution in [0.5, 0.6) is 11.5 Å². The van der Waals surface area contributed by atoms with E-state index in [2.05, 4.69) is 15.6 Å². The van der Waals surface area contributed by atoms with E-state index >= 15 is 0 Å². The van der Waals surface area contributed by atoms with Crippen molar-refractivity contribution in [2.75, 3.05) is 14.2 Å². The van der Waals surface area contributed by atoms with Crippen LogP contribution in [0.1, 0.15) is 33.4 Å². The maximum absolute atomic E-state index is 13.1. The second-order valence-corrected chi connectivity index (χ2v) is 6.78. The molecule has 1 amide bonds. The fourth-order valence-corrected chi connectivity index (χ4v) is 3.32. The van der Waals surface area contributed by atoms with Gasteiger partial charge in [0.05, 0.1) is 33.1 Å². The number of hydrogen-bond acceptors (Lipinski definition) is 6. The summed E-state index contributed by atoms with van der Waals surface area (Å²) in [6, 6.07) is 11.5. The average Bonchev–Trinajstić information content (AvgIpc) is 3.21. The van der Waals surface area contributed by atoms with Crippen molar-refractivity contribution in [2.45, 2.75) is 25.8 Å². The highest BCUT2D eigenvalue weighted by Crippen LogP contribution is 2.27. The topological polar surface area (TPSA) is 87.5 Å². The molecule has 0 fully saturated rings. The van der Waals surface area contributed by atoms with Crippen LogP contribution >= 0.6 is 0 Å². The Balaban J connectivity index is 1.44. The molecule has 0 aliphatic carbocycles. The highest BCUT2D eigenvalue weighted by atomic mass is 19.1. The lowest BCUT2D eigenvalue weighted by Gasteiger charge is -2.24. The van der Waals surface area contributed by atoms with Gasteiger partial charge >= 0.3 is 0 Å². The lowest BCUT2D eigenvalue weighted by molar-refractivity contribution is -0.00180. The summed E-state index contributed by atoms with van der Waals surface area (Å²) in [5, 5.41) is 11.0. The van der Waals surface area contributed by atoms with E-state index in [1.807, 2.05) is 6.07 Å². The van der Waals surface area contributed by atoms with Gasteiger partial charge in [0.25, 0.3) is 5.91 Å². The highest BCUT2D eigenvalue weighted by molar-refractivity contribution is 5.93. The summed E-state index contributed by atoms with van der Waals surface area (Å²) in [5.41, 5.74) is 2.48. The maximum Gasteiger partial charge on any atom is 0.274 e. The molecule has 9 heteroatoms. The molecule has 0 radical (unpaired) electrons. The third kappa shape index (κ3) is 3.97. The first-order valence-electron chi connectivity index (χ1n) is 9.37. The SMILES string of the molecule is COc1ccc(CNC(=O)c2nnn3c2CO[C@@H](c2ccc(F)cc2)C3)c(OC)c1. The molecule has 1 aromatic heterocycles. The predicted octanol–water partition coefficient (Wildman–Crippen LogP) is 2.64. The Hall–Kier alpha value is -3.46. The van der Waals surface area contributed by atoms with Crippen molar-refractivity contribution in [3.05, 3.63) is 70.8 Å². The van der Waals surface area contributed by atoms with Gasteiger partial charge < -0.3 is 19.5 Å². The zero-order chi connectivity index (χ0) is 21.1. The second kappa shape index (κ2) is 8.50. The van der Waals surface area contributed by atoms with E-state index in [0.717, 1.165) is 11.1 Å². The molecule has 0 saturated carbocycles. The van der Waals surface area contributed by atoms with Gasteiger partial charge in [-0.1, -0.05) is 17.3 Å². The predicted molar refractivity (Wildman–Crippen MR) is 105 cm³/mol. The quantitative estimate of drug-likeness (QED) is 0.670. The third-order valence-electron chi connectivity index (χ3n) is 4.99. The van der Waals surface area contributed by atoms with E-state index in [9.17, 15) is 9.18 Å². The van der Waals surface area contributed by atoms with Crippen molar-refractivity contribution >= 4 is 5.91 Å². The van der Waals surface area contributed by atoms with Gasteiger partial charge in [0.15, 0.2) is 5.69 Å². The normalized spacial score (nSPS) is 15.4. The fourth-order valence-electron chi connectivity index (χ4n) is 3.32. The molecule has 156 valence electrons. The number of ether oxygens (including phenoxy) is 3. The van der Waals surface area contributed by atoms with Gasteiger partial charge in [0.1, 0.15) is 23.4 Å². The lowest BCUT2D eigenvalue weighted by Crippen LogP contribution is -2.27. The van der Waals surface area contributed by atoms with Crippen LogP contribution in [0.3, 0.4) is 0 Å². The second-order valence-electron chi connectivity index (χ2n) is 6.78. The van der Waals surface area contributed by atoms with Crippen molar-refractivity contribution in [2.24, 2.45) is 0 Å². The zero-order valence-electron chi connectivity index (χ0n) is 16.6. The molecular weight excluding hydrogens is 391 g/mol. The number of carbonyl (C=O) groups is 1. The standard InChI is InChI=1S/C21H21FN4O4/c1-28-16-8-5-14(18(9-16)29-2)10-23-21(27)20-17-12-30-19(11-26(17)25-24-20)13-3-6-15(22)7-4-13/h3-9,19H,10-12H2,1-2H3,(H,23,27)/t19-/m1/s1. The van der Waals surface area contributed by atoms with Crippen LogP contribution < -0.4 is 14.8 Å². The van der Waals surface area contributed by atoms with Gasteiger partial charge in [0.2, 0.25) is 0 Å². The van der Waals surface area contributed by atoms with Crippen molar-refractivity contribution in [3.8, 4) is 11.5 Å². The molecule has 0 bridgehead atoms. The monoisotopic (exact) mass is 412 g/mol. The number of amides is 1. The molecule has 1 N–H and O–H groups in total. The van der Waals surface area contributed by atoms with Crippen LogP contribution in [-0.2, 0) is 24.4 Å². The van der Waals surface area contributed by atoms with Gasteiger partial charge in [-0.15, -0.1) is 5.10 Å². The van der Waals surface area contributed by atoms with Gasteiger partial charge in [-0.2, -0.15) is 0 Å². The molecule has 2 aromatic carbocycles. The molecule has 0 spiro atoms. The summed E-state index contributed by atoms with van der Waals surface area (Å²) in [4.78, 5) is 12.7. The number of halogens is 1. The number of nitrogens with one attached hydrogen (secondary N) is 1. The number of fused-ring (bicyclic) bond motifs is 1. The summed E-state index contributed by atoms with van der Waals surface area (Å²) < 4.78 is 31.2. The van der Waals surface area contributed by atoms with E-state index in [1.165, 1.54) is 12.1 Å². The smallest absolute Gasteiger partial charge is 0.274 e. The van der Waals surface area contributed by atoms with Gasteiger partial charge in [-0.3, -0.25) is 4.79 Å². The Morgan fingerprint density at radius 1 is 1.23 bits per heavy atom. The summed E-state index contributed by atoms with van der Waals surface area (Å²) >= 11 is 0. The van der Waals surface area contributed by atoms with E-state index in [4.69, 9.17) is 14.2 Å². The number of carbonyl (C=O) groups excluding carboxylic acids is 1. The van der Waals surface area contributed by atoms with Crippen LogP contribution in [-0.4, -0.2) is 35.1 Å². The molecule has 0 saturated heterocycles. The molecular formula is C21H21FN4O4. The molecule has 1 atom stereocenters. The van der Waals surface area contributed by atoms with E-state index in [0.29, 0.717) is 23.7 Å². The number of benzene rings is 2. The van der Waals surface area contributed by atoms with Gasteiger partial charge in [-0.25, -0.2) is 9.07 Å². The van der Waals surface area contributed by atoms with Crippen LogP contribution in [0.4, 0.5) is 4.39 Å². The van der Waals surface area contributed by atoms with Gasteiger partial charge in [-0.05, 0) is 29.8 Å². The van der Waals surface area contributed by atoms with Crippen molar-refractivity contribution < 1.29 is 23.4 Å². The van der Waals surface area contributed by atoms with Crippen LogP contribution in [0.2, 0.25) is 0 Å². The summed E-state index contributed by atoms with van der Waals surface area (Å²) in [7, 11) is 3.14. The minimum absolute atomic E-state index is 0.184. The zero-order valence-corrected chi connectivity index (χ0v) is 16.6. The van der Waals surface area contributed by atoms with Crippen LogP contribution in [0, 0.1) is 5.82 Å². The summed E-state index contributed by atoms with van der Waals surface area (Å²) in [6.07, 6.45) is -0.278. The van der Waals surface area contributed by atoms with Gasteiger partial charge in [0, 0.05) is 18.2 Å². The molecule has 30 heavy (non-hydrogen) atoms. The average molecular weight is 412 g/mol. The van der Waals surface area contributed by atoms with Crippen LogP contribution in [0.15, 0.2) is 42.5 Å². The Kier molecular flexibility index (Phi) is 5.62. The highest BCUT2D eigenvalue weighted by Gasteiger charge is 2.27. The molecule has 3 aromatic rings. The number of nitrogens with zero attached hydrogens (tertiary/aromatic N) is 3. The Labute approximate surface area is 172 Å². The van der Waals surface area contributed by atoms with Crippen LogP contribution in [0.25, 0.3) is 0 Å². The molecule has 1 aliphatic rings. The first kappa shape index (κ1) is 19.8. The largest absolute Gasteiger partial charge is 0.497 e. The first-order chi connectivity index (χ1) is 14.6. The number of methoxy groups -OCH3 is 2. The first-order valence-corrected chi connectivity index (χ1v) is 9.37. The van der Waals surface area contributed by atoms with E-state index in [1.54, 1.807) is 43.2 Å². The molecule has 8 nitrogen and oxygen atoms in total. The van der Waals surface area contributed by atoms with Crippen molar-refractivity contribution in [1.29, 1.82) is 0 Å². The van der Waals surface area contributed by atoms with E-state index < -0.39 is 0 Å². The lowest BCUT2D eigenvalue weighted by atomic mass is 10.1. The summed E-state index contributed by atoms with van der Waals surface area (Å²) in [5.74, 6) is 0.633. The molecule has 1 aliphatic heterocycles. The minimum atomic E-state index is -0.349. The minimum Gasteiger partial charge on any atom is -0.497 e. The molecule has 0 unspecified atom stereocenters. The van der Waals surface area contributed by atoms with E-state index in [-0.39, 0.29) is 36.7 Å². The molecule has 2 heterocycles. The Morgan fingerprint density at radius 3 is 2.77 bits per heavy atom. The van der Waals surface area contributed by atoms with Crippen molar-refractivity contribution in [1.82, 2.24) is 20.3 Å². The van der Waals surface area contributed by atoms with Crippen molar-refractivity contribution in [3.63, 3.8) is 0 Å². The third-order valence-corrected chi connectivity index (χ3v) is 4.99. The maximum atomic E-state index is 13.1. The number of hydrogen-bond donors (Lipinski definition) is 1. The molecule has 4 rings (SSSR count).